The molecule has 0 bridgehead atoms. The summed E-state index contributed by atoms with van der Waals surface area (Å²) in [6, 6.07) is 17.5. The third kappa shape index (κ3) is 3.68. The largest absolute Gasteiger partial charge is 0.319 e. The lowest BCUT2D eigenvalue weighted by atomic mass is 9.89. The Balaban J connectivity index is 2.21. The van der Waals surface area contributed by atoms with E-state index in [1.165, 1.54) is 22.3 Å². The highest BCUT2D eigenvalue weighted by molar-refractivity contribution is 5.33. The predicted molar refractivity (Wildman–Crippen MR) is 82.7 cm³/mol. The lowest BCUT2D eigenvalue weighted by molar-refractivity contribution is 0.624. The molecule has 0 aromatic heterocycles. The maximum absolute atomic E-state index is 3.32. The molecule has 1 N–H and O–H groups in total. The highest BCUT2D eigenvalue weighted by Crippen LogP contribution is 2.22. The van der Waals surface area contributed by atoms with Crippen molar-refractivity contribution in [2.75, 3.05) is 13.6 Å². The first kappa shape index (κ1) is 13.8. The molecule has 0 aliphatic heterocycles. The summed E-state index contributed by atoms with van der Waals surface area (Å²) in [5.41, 5.74) is 5.61. The van der Waals surface area contributed by atoms with Gasteiger partial charge in [0.05, 0.1) is 0 Å². The second-order valence-corrected chi connectivity index (χ2v) is 5.30. The van der Waals surface area contributed by atoms with Crippen LogP contribution in [0.5, 0.6) is 0 Å². The summed E-state index contributed by atoms with van der Waals surface area (Å²) >= 11 is 0. The molecule has 1 atom stereocenters. The van der Waals surface area contributed by atoms with E-state index < -0.39 is 0 Å². The molecule has 0 heterocycles. The fourth-order valence-corrected chi connectivity index (χ4v) is 2.62. The van der Waals surface area contributed by atoms with E-state index in [1.807, 2.05) is 7.05 Å². The molecule has 19 heavy (non-hydrogen) atoms. The molecular formula is C18H23N. The molecule has 2 rings (SSSR count). The number of benzene rings is 2. The summed E-state index contributed by atoms with van der Waals surface area (Å²) in [5, 5.41) is 3.32. The van der Waals surface area contributed by atoms with Gasteiger partial charge in [0.1, 0.15) is 0 Å². The zero-order valence-electron chi connectivity index (χ0n) is 12.1. The van der Waals surface area contributed by atoms with Crippen LogP contribution in [-0.2, 0) is 6.42 Å². The maximum Gasteiger partial charge on any atom is 0.00203 e. The van der Waals surface area contributed by atoms with Gasteiger partial charge in [-0.2, -0.15) is 0 Å². The molecule has 0 spiro atoms. The van der Waals surface area contributed by atoms with Crippen LogP contribution in [0.15, 0.2) is 48.5 Å². The number of hydrogen-bond acceptors (Lipinski definition) is 1. The molecule has 0 saturated heterocycles. The average Bonchev–Trinajstić information content (AvgIpc) is 2.42. The van der Waals surface area contributed by atoms with E-state index in [4.69, 9.17) is 0 Å². The SMILES string of the molecule is CNCC(Cc1ccc(C)cc1C)c1ccccc1. The van der Waals surface area contributed by atoms with Gasteiger partial charge in [-0.05, 0) is 44.0 Å². The highest BCUT2D eigenvalue weighted by atomic mass is 14.8. The van der Waals surface area contributed by atoms with Gasteiger partial charge in [-0.3, -0.25) is 0 Å². The number of nitrogens with one attached hydrogen (secondary N) is 1. The van der Waals surface area contributed by atoms with Crippen molar-refractivity contribution in [3.05, 3.63) is 70.8 Å². The van der Waals surface area contributed by atoms with Crippen molar-refractivity contribution in [1.82, 2.24) is 5.32 Å². The maximum atomic E-state index is 3.32. The molecule has 0 radical (unpaired) electrons. The van der Waals surface area contributed by atoms with Crippen molar-refractivity contribution in [3.63, 3.8) is 0 Å². The first-order valence-electron chi connectivity index (χ1n) is 6.96. The van der Waals surface area contributed by atoms with E-state index in [2.05, 4.69) is 67.7 Å². The molecule has 0 aliphatic rings. The van der Waals surface area contributed by atoms with Gasteiger partial charge in [0.25, 0.3) is 0 Å². The molecule has 1 unspecified atom stereocenters. The normalized spacial score (nSPS) is 12.4. The van der Waals surface area contributed by atoms with Gasteiger partial charge in [-0.25, -0.2) is 0 Å². The van der Waals surface area contributed by atoms with Gasteiger partial charge in [0.15, 0.2) is 0 Å². The Hall–Kier alpha value is -1.60. The number of rotatable bonds is 5. The quantitative estimate of drug-likeness (QED) is 0.853. The molecule has 2 aromatic carbocycles. The van der Waals surface area contributed by atoms with Crippen LogP contribution < -0.4 is 5.32 Å². The van der Waals surface area contributed by atoms with E-state index in [9.17, 15) is 0 Å². The van der Waals surface area contributed by atoms with Crippen LogP contribution in [0.25, 0.3) is 0 Å². The molecule has 100 valence electrons. The first-order chi connectivity index (χ1) is 9.20. The van der Waals surface area contributed by atoms with Crippen molar-refractivity contribution in [2.45, 2.75) is 26.2 Å². The van der Waals surface area contributed by atoms with E-state index in [0.717, 1.165) is 13.0 Å². The van der Waals surface area contributed by atoms with Gasteiger partial charge in [-0.1, -0.05) is 54.1 Å². The third-order valence-electron chi connectivity index (χ3n) is 3.69. The summed E-state index contributed by atoms with van der Waals surface area (Å²) < 4.78 is 0. The molecular weight excluding hydrogens is 230 g/mol. The summed E-state index contributed by atoms with van der Waals surface area (Å²) in [6.07, 6.45) is 1.09. The van der Waals surface area contributed by atoms with Gasteiger partial charge in [0, 0.05) is 12.5 Å². The first-order valence-corrected chi connectivity index (χ1v) is 6.96. The Morgan fingerprint density at radius 3 is 2.37 bits per heavy atom. The van der Waals surface area contributed by atoms with E-state index in [0.29, 0.717) is 5.92 Å². The Kier molecular flexibility index (Phi) is 4.75. The Bertz CT molecular complexity index is 516. The van der Waals surface area contributed by atoms with Crippen LogP contribution in [-0.4, -0.2) is 13.6 Å². The van der Waals surface area contributed by atoms with Crippen molar-refractivity contribution in [3.8, 4) is 0 Å². The zero-order chi connectivity index (χ0) is 13.7. The minimum atomic E-state index is 0.535. The minimum Gasteiger partial charge on any atom is -0.319 e. The lowest BCUT2D eigenvalue weighted by Crippen LogP contribution is -2.19. The number of hydrogen-bond donors (Lipinski definition) is 1. The van der Waals surface area contributed by atoms with Gasteiger partial charge in [0.2, 0.25) is 0 Å². The zero-order valence-corrected chi connectivity index (χ0v) is 12.1. The van der Waals surface area contributed by atoms with Gasteiger partial charge in [-0.15, -0.1) is 0 Å². The Labute approximate surface area is 116 Å². The molecule has 2 aromatic rings. The minimum absolute atomic E-state index is 0.535. The van der Waals surface area contributed by atoms with Crippen molar-refractivity contribution < 1.29 is 0 Å². The van der Waals surface area contributed by atoms with Crippen LogP contribution in [0.4, 0.5) is 0 Å². The molecule has 0 aliphatic carbocycles. The van der Waals surface area contributed by atoms with Crippen molar-refractivity contribution in [1.29, 1.82) is 0 Å². The highest BCUT2D eigenvalue weighted by Gasteiger charge is 2.12. The van der Waals surface area contributed by atoms with Crippen LogP contribution in [0.1, 0.15) is 28.2 Å². The fourth-order valence-electron chi connectivity index (χ4n) is 2.62. The fraction of sp³-hybridized carbons (Fsp3) is 0.333. The Morgan fingerprint density at radius 1 is 1.00 bits per heavy atom. The third-order valence-corrected chi connectivity index (χ3v) is 3.69. The summed E-state index contributed by atoms with van der Waals surface area (Å²) in [6.45, 7) is 5.38. The van der Waals surface area contributed by atoms with E-state index in [-0.39, 0.29) is 0 Å². The lowest BCUT2D eigenvalue weighted by Gasteiger charge is -2.18. The standard InChI is InChI=1S/C18H23N/c1-14-9-10-17(15(2)11-14)12-18(13-19-3)16-7-5-4-6-8-16/h4-11,18-19H,12-13H2,1-3H3. The summed E-state index contributed by atoms with van der Waals surface area (Å²) in [4.78, 5) is 0. The van der Waals surface area contributed by atoms with E-state index in [1.54, 1.807) is 0 Å². The molecule has 1 heteroatoms. The van der Waals surface area contributed by atoms with Crippen molar-refractivity contribution in [2.24, 2.45) is 0 Å². The molecule has 0 saturated carbocycles. The van der Waals surface area contributed by atoms with Gasteiger partial charge >= 0.3 is 0 Å². The number of likely N-dealkylation sites (N-methyl/N-ethyl adjacent to an activating group) is 1. The van der Waals surface area contributed by atoms with E-state index >= 15 is 0 Å². The monoisotopic (exact) mass is 253 g/mol. The molecule has 0 amide bonds. The van der Waals surface area contributed by atoms with Crippen LogP contribution in [0.3, 0.4) is 0 Å². The second kappa shape index (κ2) is 6.53. The topological polar surface area (TPSA) is 12.0 Å². The van der Waals surface area contributed by atoms with Crippen LogP contribution >= 0.6 is 0 Å². The smallest absolute Gasteiger partial charge is 0.00203 e. The average molecular weight is 253 g/mol. The predicted octanol–water partition coefficient (Wildman–Crippen LogP) is 3.85. The van der Waals surface area contributed by atoms with Crippen LogP contribution in [0, 0.1) is 13.8 Å². The summed E-state index contributed by atoms with van der Waals surface area (Å²) in [5.74, 6) is 0.535. The molecule has 1 nitrogen and oxygen atoms in total. The number of aryl methyl sites for hydroxylation is 2. The second-order valence-electron chi connectivity index (χ2n) is 5.30. The van der Waals surface area contributed by atoms with Gasteiger partial charge < -0.3 is 5.32 Å². The Morgan fingerprint density at radius 2 is 1.74 bits per heavy atom. The summed E-state index contributed by atoms with van der Waals surface area (Å²) in [7, 11) is 2.03. The van der Waals surface area contributed by atoms with Crippen LogP contribution in [0.2, 0.25) is 0 Å². The van der Waals surface area contributed by atoms with Crippen molar-refractivity contribution >= 4 is 0 Å². The molecule has 0 fully saturated rings.